The maximum Gasteiger partial charge on any atom is 0.101 e. The molecule has 0 saturated heterocycles. The molecule has 4 N–H and O–H groups in total. The number of benzene rings is 2. The topological polar surface area (TPSA) is 99.6 Å². The molecule has 0 fully saturated rings. The summed E-state index contributed by atoms with van der Waals surface area (Å²) in [6.07, 6.45) is 0.629. The van der Waals surface area contributed by atoms with Crippen LogP contribution in [0.25, 0.3) is 0 Å². The summed E-state index contributed by atoms with van der Waals surface area (Å²) in [7, 11) is 0. The van der Waals surface area contributed by atoms with E-state index in [1.807, 2.05) is 12.1 Å². The van der Waals surface area contributed by atoms with Gasteiger partial charge in [-0.05, 0) is 41.8 Å². The van der Waals surface area contributed by atoms with Crippen molar-refractivity contribution in [1.29, 1.82) is 10.5 Å². The second-order valence-corrected chi connectivity index (χ2v) is 4.24. The number of hydrogen-bond acceptors (Lipinski definition) is 4. The standard InChI is InChI=1S/C15H12N4/c16-8-12-6-10(1-3-14(12)18)5-11-2-4-15(19)13(7-11)9-17/h1-4,6-7H,5,18-19H2. The van der Waals surface area contributed by atoms with Crippen LogP contribution in [0.2, 0.25) is 0 Å². The SMILES string of the molecule is N#Cc1cc(Cc2ccc(N)c(C#N)c2)ccc1N. The highest BCUT2D eigenvalue weighted by molar-refractivity contribution is 5.57. The minimum atomic E-state index is 0.466. The molecule has 2 rings (SSSR count). The lowest BCUT2D eigenvalue weighted by Crippen LogP contribution is -1.96. The van der Waals surface area contributed by atoms with Gasteiger partial charge in [0.05, 0.1) is 11.1 Å². The Kier molecular flexibility index (Phi) is 3.36. The van der Waals surface area contributed by atoms with Gasteiger partial charge >= 0.3 is 0 Å². The minimum absolute atomic E-state index is 0.466. The Bertz CT molecular complexity index is 644. The molecule has 0 bridgehead atoms. The van der Waals surface area contributed by atoms with Crippen LogP contribution in [-0.2, 0) is 6.42 Å². The highest BCUT2D eigenvalue weighted by Crippen LogP contribution is 2.19. The predicted octanol–water partition coefficient (Wildman–Crippen LogP) is 2.19. The molecular formula is C15H12N4. The maximum absolute atomic E-state index is 8.94. The minimum Gasteiger partial charge on any atom is -0.398 e. The molecule has 4 nitrogen and oxygen atoms in total. The molecule has 0 unspecified atom stereocenters. The van der Waals surface area contributed by atoms with Crippen LogP contribution >= 0.6 is 0 Å². The quantitative estimate of drug-likeness (QED) is 0.795. The number of anilines is 2. The molecule has 0 aromatic heterocycles. The molecule has 0 spiro atoms. The number of nitrogens with two attached hydrogens (primary N) is 2. The van der Waals surface area contributed by atoms with Gasteiger partial charge in [0.25, 0.3) is 0 Å². The van der Waals surface area contributed by atoms with E-state index in [0.717, 1.165) is 11.1 Å². The largest absolute Gasteiger partial charge is 0.398 e. The Morgan fingerprint density at radius 1 is 0.789 bits per heavy atom. The Balaban J connectivity index is 2.32. The van der Waals surface area contributed by atoms with Crippen molar-refractivity contribution in [1.82, 2.24) is 0 Å². The third-order valence-corrected chi connectivity index (χ3v) is 2.88. The van der Waals surface area contributed by atoms with Crippen molar-refractivity contribution in [3.8, 4) is 12.1 Å². The molecule has 19 heavy (non-hydrogen) atoms. The van der Waals surface area contributed by atoms with Gasteiger partial charge in [0.15, 0.2) is 0 Å². The van der Waals surface area contributed by atoms with Crippen molar-refractivity contribution in [3.05, 3.63) is 58.7 Å². The molecule has 92 valence electrons. The predicted molar refractivity (Wildman–Crippen MR) is 73.9 cm³/mol. The summed E-state index contributed by atoms with van der Waals surface area (Å²) in [6.45, 7) is 0. The van der Waals surface area contributed by atoms with Crippen molar-refractivity contribution < 1.29 is 0 Å². The fourth-order valence-corrected chi connectivity index (χ4v) is 1.86. The smallest absolute Gasteiger partial charge is 0.101 e. The van der Waals surface area contributed by atoms with Crippen LogP contribution in [0.4, 0.5) is 11.4 Å². The fraction of sp³-hybridized carbons (Fsp3) is 0.0667. The molecule has 0 radical (unpaired) electrons. The zero-order valence-electron chi connectivity index (χ0n) is 10.2. The Morgan fingerprint density at radius 2 is 1.21 bits per heavy atom. The van der Waals surface area contributed by atoms with Gasteiger partial charge in [-0.1, -0.05) is 12.1 Å². The summed E-state index contributed by atoms with van der Waals surface area (Å²) in [4.78, 5) is 0. The van der Waals surface area contributed by atoms with Gasteiger partial charge in [-0.25, -0.2) is 0 Å². The first-order valence-corrected chi connectivity index (χ1v) is 5.71. The van der Waals surface area contributed by atoms with Gasteiger partial charge in [-0.3, -0.25) is 0 Å². The molecule has 0 heterocycles. The number of nitrogen functional groups attached to an aromatic ring is 2. The van der Waals surface area contributed by atoms with Gasteiger partial charge in [0.2, 0.25) is 0 Å². The zero-order valence-corrected chi connectivity index (χ0v) is 10.2. The average molecular weight is 248 g/mol. The second-order valence-electron chi connectivity index (χ2n) is 4.24. The third-order valence-electron chi connectivity index (χ3n) is 2.88. The molecule has 0 saturated carbocycles. The highest BCUT2D eigenvalue weighted by atomic mass is 14.6. The number of rotatable bonds is 2. The van der Waals surface area contributed by atoms with E-state index < -0.39 is 0 Å². The molecule has 0 aliphatic rings. The Hall–Kier alpha value is -2.98. The molecule has 0 amide bonds. The van der Waals surface area contributed by atoms with Crippen LogP contribution in [0.15, 0.2) is 36.4 Å². The first kappa shape index (κ1) is 12.5. The van der Waals surface area contributed by atoms with Crippen molar-refractivity contribution >= 4 is 11.4 Å². The molecule has 0 aliphatic carbocycles. The lowest BCUT2D eigenvalue weighted by atomic mass is 10.0. The van der Waals surface area contributed by atoms with Gasteiger partial charge in [0.1, 0.15) is 12.1 Å². The summed E-state index contributed by atoms with van der Waals surface area (Å²) in [6, 6.07) is 14.8. The van der Waals surface area contributed by atoms with Crippen molar-refractivity contribution in [2.45, 2.75) is 6.42 Å². The first-order valence-electron chi connectivity index (χ1n) is 5.71. The van der Waals surface area contributed by atoms with Crippen LogP contribution < -0.4 is 11.5 Å². The maximum atomic E-state index is 8.94. The van der Waals surface area contributed by atoms with E-state index in [0.29, 0.717) is 28.9 Å². The average Bonchev–Trinajstić information content (AvgIpc) is 2.43. The van der Waals surface area contributed by atoms with E-state index in [2.05, 4.69) is 12.1 Å². The zero-order chi connectivity index (χ0) is 13.8. The Morgan fingerprint density at radius 3 is 1.58 bits per heavy atom. The molecule has 0 aliphatic heterocycles. The van der Waals surface area contributed by atoms with Crippen LogP contribution in [0, 0.1) is 22.7 Å². The van der Waals surface area contributed by atoms with E-state index in [1.165, 1.54) is 0 Å². The summed E-state index contributed by atoms with van der Waals surface area (Å²) in [5.74, 6) is 0. The number of hydrogen-bond donors (Lipinski definition) is 2. The third kappa shape index (κ3) is 2.65. The van der Waals surface area contributed by atoms with Gasteiger partial charge < -0.3 is 11.5 Å². The lowest BCUT2D eigenvalue weighted by Gasteiger charge is -2.06. The number of nitrogens with zero attached hydrogens (tertiary/aromatic N) is 2. The molecular weight excluding hydrogens is 236 g/mol. The lowest BCUT2D eigenvalue weighted by molar-refractivity contribution is 1.19. The fourth-order valence-electron chi connectivity index (χ4n) is 1.86. The van der Waals surface area contributed by atoms with Crippen molar-refractivity contribution in [3.63, 3.8) is 0 Å². The van der Waals surface area contributed by atoms with Crippen molar-refractivity contribution in [2.75, 3.05) is 11.5 Å². The summed E-state index contributed by atoms with van der Waals surface area (Å²) >= 11 is 0. The van der Waals surface area contributed by atoms with Crippen LogP contribution in [0.5, 0.6) is 0 Å². The van der Waals surface area contributed by atoms with Crippen LogP contribution in [0.1, 0.15) is 22.3 Å². The van der Waals surface area contributed by atoms with E-state index in [4.69, 9.17) is 22.0 Å². The van der Waals surface area contributed by atoms with Gasteiger partial charge in [-0.2, -0.15) is 10.5 Å². The molecule has 2 aromatic rings. The molecule has 0 atom stereocenters. The second kappa shape index (κ2) is 5.12. The summed E-state index contributed by atoms with van der Waals surface area (Å²) in [5, 5.41) is 17.9. The van der Waals surface area contributed by atoms with E-state index in [1.54, 1.807) is 24.3 Å². The summed E-state index contributed by atoms with van der Waals surface area (Å²) in [5.41, 5.74) is 15.2. The van der Waals surface area contributed by atoms with Gasteiger partial charge in [-0.15, -0.1) is 0 Å². The first-order chi connectivity index (χ1) is 9.13. The molecule has 4 heteroatoms. The normalized spacial score (nSPS) is 9.58. The molecule has 2 aromatic carbocycles. The highest BCUT2D eigenvalue weighted by Gasteiger charge is 2.04. The van der Waals surface area contributed by atoms with E-state index in [9.17, 15) is 0 Å². The van der Waals surface area contributed by atoms with Gasteiger partial charge in [0, 0.05) is 11.4 Å². The monoisotopic (exact) mass is 248 g/mol. The summed E-state index contributed by atoms with van der Waals surface area (Å²) < 4.78 is 0. The van der Waals surface area contributed by atoms with E-state index in [-0.39, 0.29) is 0 Å². The number of nitriles is 2. The van der Waals surface area contributed by atoms with Crippen LogP contribution in [-0.4, -0.2) is 0 Å². The van der Waals surface area contributed by atoms with Crippen molar-refractivity contribution in [2.24, 2.45) is 0 Å². The van der Waals surface area contributed by atoms with Crippen LogP contribution in [0.3, 0.4) is 0 Å². The Labute approximate surface area is 111 Å². The van der Waals surface area contributed by atoms with E-state index >= 15 is 0 Å².